The maximum atomic E-state index is 5.86. The molecule has 82 valence electrons. The van der Waals surface area contributed by atoms with Crippen LogP contribution >= 0.6 is 0 Å². The third kappa shape index (κ3) is 2.58. The van der Waals surface area contributed by atoms with E-state index in [1.54, 1.807) is 0 Å². The summed E-state index contributed by atoms with van der Waals surface area (Å²) in [7, 11) is 0. The van der Waals surface area contributed by atoms with Crippen LogP contribution in [0, 0.1) is 6.92 Å². The fourth-order valence-electron chi connectivity index (χ4n) is 1.50. The molecule has 0 amide bonds. The summed E-state index contributed by atoms with van der Waals surface area (Å²) in [6, 6.07) is 7.94. The third-order valence-corrected chi connectivity index (χ3v) is 2.37. The van der Waals surface area contributed by atoms with E-state index in [4.69, 9.17) is 5.73 Å². The molecule has 1 aromatic rings. The highest BCUT2D eigenvalue weighted by Crippen LogP contribution is 2.10. The monoisotopic (exact) mass is 213 g/mol. The number of anilines is 1. The summed E-state index contributed by atoms with van der Waals surface area (Å²) >= 11 is 0. The normalized spacial score (nSPS) is 21.4. The summed E-state index contributed by atoms with van der Waals surface area (Å²) in [6.07, 6.45) is 7.68. The van der Waals surface area contributed by atoms with Crippen molar-refractivity contribution in [1.82, 2.24) is 0 Å². The average molecular weight is 213 g/mol. The second-order valence-corrected chi connectivity index (χ2v) is 3.79. The van der Waals surface area contributed by atoms with Gasteiger partial charge in [0.1, 0.15) is 0 Å². The molecule has 3 heteroatoms. The van der Waals surface area contributed by atoms with Crippen LogP contribution in [0.25, 0.3) is 0 Å². The van der Waals surface area contributed by atoms with E-state index in [1.807, 2.05) is 55.5 Å². The van der Waals surface area contributed by atoms with E-state index in [0.29, 0.717) is 0 Å². The first-order chi connectivity index (χ1) is 7.75. The van der Waals surface area contributed by atoms with Gasteiger partial charge in [0.2, 0.25) is 0 Å². The molecule has 0 aromatic heterocycles. The number of nitrogens with zero attached hydrogens (tertiary/aromatic N) is 1. The van der Waals surface area contributed by atoms with Gasteiger partial charge >= 0.3 is 0 Å². The first kappa shape index (κ1) is 10.6. The summed E-state index contributed by atoms with van der Waals surface area (Å²) in [5, 5.41) is 4.28. The smallest absolute Gasteiger partial charge is 0.0813 e. The van der Waals surface area contributed by atoms with Crippen molar-refractivity contribution in [2.45, 2.75) is 13.0 Å². The van der Waals surface area contributed by atoms with E-state index in [1.165, 1.54) is 5.56 Å². The molecule has 0 bridgehead atoms. The number of aryl methyl sites for hydroxylation is 1. The number of nitrogens with one attached hydrogen (secondary N) is 1. The second kappa shape index (κ2) is 4.77. The van der Waals surface area contributed by atoms with Crippen LogP contribution in [-0.2, 0) is 0 Å². The van der Waals surface area contributed by atoms with Gasteiger partial charge in [0.15, 0.2) is 0 Å². The van der Waals surface area contributed by atoms with Crippen molar-refractivity contribution in [3.05, 3.63) is 54.1 Å². The Bertz CT molecular complexity index is 458. The minimum atomic E-state index is -0.123. The van der Waals surface area contributed by atoms with Gasteiger partial charge in [0.25, 0.3) is 0 Å². The molecule has 0 radical (unpaired) electrons. The summed E-state index contributed by atoms with van der Waals surface area (Å²) in [4.78, 5) is 0. The van der Waals surface area contributed by atoms with Crippen molar-refractivity contribution in [2.75, 3.05) is 5.43 Å². The Balaban J connectivity index is 2.09. The molecule has 1 aliphatic carbocycles. The SMILES string of the molecule is Cc1cccc(N/N=C2/C=CC=CC2N)c1. The van der Waals surface area contributed by atoms with Crippen molar-refractivity contribution < 1.29 is 0 Å². The van der Waals surface area contributed by atoms with Gasteiger partial charge in [-0.05, 0) is 30.7 Å². The topological polar surface area (TPSA) is 50.4 Å². The largest absolute Gasteiger partial charge is 0.319 e. The first-order valence-electron chi connectivity index (χ1n) is 5.26. The molecule has 1 unspecified atom stereocenters. The molecule has 1 aliphatic rings. The average Bonchev–Trinajstić information content (AvgIpc) is 2.28. The van der Waals surface area contributed by atoms with Gasteiger partial charge in [-0.2, -0.15) is 5.10 Å². The van der Waals surface area contributed by atoms with Gasteiger partial charge in [-0.15, -0.1) is 0 Å². The number of hydrogen-bond donors (Lipinski definition) is 2. The molecule has 0 saturated heterocycles. The van der Waals surface area contributed by atoms with E-state index in [9.17, 15) is 0 Å². The van der Waals surface area contributed by atoms with Gasteiger partial charge in [-0.3, -0.25) is 5.43 Å². The van der Waals surface area contributed by atoms with Crippen LogP contribution in [0.2, 0.25) is 0 Å². The fraction of sp³-hybridized carbons (Fsp3) is 0.154. The highest BCUT2D eigenvalue weighted by molar-refractivity contribution is 6.02. The van der Waals surface area contributed by atoms with E-state index < -0.39 is 0 Å². The quantitative estimate of drug-likeness (QED) is 0.740. The number of hydrazone groups is 1. The van der Waals surface area contributed by atoms with Crippen LogP contribution in [0.5, 0.6) is 0 Å². The molecule has 3 nitrogen and oxygen atoms in total. The number of nitrogens with two attached hydrogens (primary N) is 1. The minimum Gasteiger partial charge on any atom is -0.319 e. The van der Waals surface area contributed by atoms with E-state index in [0.717, 1.165) is 11.4 Å². The molecule has 2 rings (SSSR count). The highest BCUT2D eigenvalue weighted by atomic mass is 15.3. The Kier molecular flexibility index (Phi) is 3.17. The highest BCUT2D eigenvalue weighted by Gasteiger charge is 2.06. The molecule has 1 atom stereocenters. The molecule has 16 heavy (non-hydrogen) atoms. The Labute approximate surface area is 95.4 Å². The summed E-state index contributed by atoms with van der Waals surface area (Å²) < 4.78 is 0. The van der Waals surface area contributed by atoms with Crippen LogP contribution in [0.4, 0.5) is 5.69 Å². The first-order valence-corrected chi connectivity index (χ1v) is 5.26. The maximum absolute atomic E-state index is 5.86. The molecule has 0 fully saturated rings. The van der Waals surface area contributed by atoms with Gasteiger partial charge in [-0.25, -0.2) is 0 Å². The van der Waals surface area contributed by atoms with Gasteiger partial charge in [0, 0.05) is 0 Å². The standard InChI is InChI=1S/C13H15N3/c1-10-5-4-6-11(9-10)15-16-13-8-3-2-7-12(13)14/h2-9,12,15H,14H2,1H3/b16-13-. The lowest BCUT2D eigenvalue weighted by Crippen LogP contribution is -2.28. The zero-order chi connectivity index (χ0) is 11.4. The molecular formula is C13H15N3. The predicted octanol–water partition coefficient (Wildman–Crippen LogP) is 2.22. The molecule has 0 saturated carbocycles. The number of rotatable bonds is 2. The van der Waals surface area contributed by atoms with Gasteiger partial charge < -0.3 is 5.73 Å². The van der Waals surface area contributed by atoms with Crippen molar-refractivity contribution in [2.24, 2.45) is 10.8 Å². The Morgan fingerprint density at radius 2 is 2.19 bits per heavy atom. The summed E-state index contributed by atoms with van der Waals surface area (Å²) in [5.41, 5.74) is 11.9. The number of benzene rings is 1. The summed E-state index contributed by atoms with van der Waals surface area (Å²) in [5.74, 6) is 0. The van der Waals surface area contributed by atoms with E-state index in [-0.39, 0.29) is 6.04 Å². The van der Waals surface area contributed by atoms with E-state index in [2.05, 4.69) is 10.5 Å². The molecule has 0 aliphatic heterocycles. The zero-order valence-electron chi connectivity index (χ0n) is 9.22. The lowest BCUT2D eigenvalue weighted by molar-refractivity contribution is 1.07. The van der Waals surface area contributed by atoms with Crippen molar-refractivity contribution in [3.8, 4) is 0 Å². The predicted molar refractivity (Wildman–Crippen MR) is 68.5 cm³/mol. The maximum Gasteiger partial charge on any atom is 0.0813 e. The number of hydrogen-bond acceptors (Lipinski definition) is 3. The van der Waals surface area contributed by atoms with E-state index >= 15 is 0 Å². The summed E-state index contributed by atoms with van der Waals surface area (Å²) in [6.45, 7) is 2.05. The van der Waals surface area contributed by atoms with Crippen molar-refractivity contribution in [1.29, 1.82) is 0 Å². The van der Waals surface area contributed by atoms with Crippen LogP contribution < -0.4 is 11.2 Å². The molecular weight excluding hydrogens is 198 g/mol. The molecule has 3 N–H and O–H groups in total. The Morgan fingerprint density at radius 3 is 2.94 bits per heavy atom. The fourth-order valence-corrected chi connectivity index (χ4v) is 1.50. The number of allylic oxidation sites excluding steroid dienone is 2. The van der Waals surface area contributed by atoms with Crippen LogP contribution in [0.1, 0.15) is 5.56 Å². The van der Waals surface area contributed by atoms with Gasteiger partial charge in [0.05, 0.1) is 17.4 Å². The van der Waals surface area contributed by atoms with Crippen LogP contribution in [-0.4, -0.2) is 11.8 Å². The second-order valence-electron chi connectivity index (χ2n) is 3.79. The lowest BCUT2D eigenvalue weighted by atomic mass is 10.1. The van der Waals surface area contributed by atoms with Crippen LogP contribution in [0.3, 0.4) is 0 Å². The van der Waals surface area contributed by atoms with Gasteiger partial charge in [-0.1, -0.05) is 30.4 Å². The van der Waals surface area contributed by atoms with Crippen LogP contribution in [0.15, 0.2) is 53.7 Å². The molecule has 1 aromatic carbocycles. The third-order valence-electron chi connectivity index (χ3n) is 2.37. The Morgan fingerprint density at radius 1 is 1.31 bits per heavy atom. The molecule has 0 spiro atoms. The van der Waals surface area contributed by atoms with Crippen molar-refractivity contribution >= 4 is 11.4 Å². The van der Waals surface area contributed by atoms with Crippen molar-refractivity contribution in [3.63, 3.8) is 0 Å². The molecule has 0 heterocycles. The Hall–Kier alpha value is -1.87. The zero-order valence-corrected chi connectivity index (χ0v) is 9.22. The lowest BCUT2D eigenvalue weighted by Gasteiger charge is -2.10. The minimum absolute atomic E-state index is 0.123.